The number of ether oxygens (including phenoxy) is 2. The average Bonchev–Trinajstić information content (AvgIpc) is 2.94. The van der Waals surface area contributed by atoms with Gasteiger partial charge in [-0.15, -0.1) is 0 Å². The summed E-state index contributed by atoms with van der Waals surface area (Å²) in [5.41, 5.74) is 1.27. The van der Waals surface area contributed by atoms with E-state index < -0.39 is 11.9 Å². The van der Waals surface area contributed by atoms with Gasteiger partial charge in [0.25, 0.3) is 0 Å². The summed E-state index contributed by atoms with van der Waals surface area (Å²) >= 11 is 0. The number of methoxy groups -OCH3 is 1. The first-order valence-corrected chi connectivity index (χ1v) is 7.24. The topological polar surface area (TPSA) is 113 Å². The van der Waals surface area contributed by atoms with Crippen molar-refractivity contribution >= 4 is 11.9 Å². The molecule has 7 heteroatoms. The fraction of sp³-hybridized carbons (Fsp3) is 0.375. The monoisotopic (exact) mass is 323 g/mol. The molecular weight excluding hydrogens is 302 g/mol. The first kappa shape index (κ1) is 18.5. The Balaban J connectivity index is 0.000000284. The van der Waals surface area contributed by atoms with Gasteiger partial charge in [-0.1, -0.05) is 12.1 Å². The van der Waals surface area contributed by atoms with Crippen LogP contribution >= 0.6 is 0 Å². The number of carboxylic acids is 2. The highest BCUT2D eigenvalue weighted by molar-refractivity contribution is 5.88. The van der Waals surface area contributed by atoms with Crippen LogP contribution in [0.1, 0.15) is 12.5 Å². The van der Waals surface area contributed by atoms with Crippen LogP contribution in [0, 0.1) is 0 Å². The zero-order chi connectivity index (χ0) is 17.2. The third kappa shape index (κ3) is 6.39. The Bertz CT molecular complexity index is 554. The summed E-state index contributed by atoms with van der Waals surface area (Å²) in [6, 6.07) is 6.08. The second-order valence-electron chi connectivity index (χ2n) is 4.82. The zero-order valence-electron chi connectivity index (χ0n) is 13.2. The van der Waals surface area contributed by atoms with E-state index in [1.54, 1.807) is 7.11 Å². The van der Waals surface area contributed by atoms with Crippen LogP contribution in [0.25, 0.3) is 0 Å². The van der Waals surface area contributed by atoms with E-state index in [2.05, 4.69) is 18.3 Å². The fourth-order valence-corrected chi connectivity index (χ4v) is 2.09. The van der Waals surface area contributed by atoms with E-state index in [4.69, 9.17) is 14.6 Å². The summed E-state index contributed by atoms with van der Waals surface area (Å²) in [5.74, 6) is -1.01. The Hall–Kier alpha value is -2.54. The maximum absolute atomic E-state index is 9.53. The van der Waals surface area contributed by atoms with Gasteiger partial charge in [0.15, 0.2) is 17.6 Å². The number of carbonyl (C=O) groups excluding carboxylic acids is 1. The van der Waals surface area contributed by atoms with Crippen molar-refractivity contribution in [3.63, 3.8) is 0 Å². The van der Waals surface area contributed by atoms with Gasteiger partial charge in [0.1, 0.15) is 6.54 Å². The third-order valence-electron chi connectivity index (χ3n) is 3.09. The van der Waals surface area contributed by atoms with Gasteiger partial charge in [-0.25, -0.2) is 4.79 Å². The van der Waals surface area contributed by atoms with Crippen molar-refractivity contribution in [2.75, 3.05) is 20.2 Å². The number of likely N-dealkylation sites (N-methyl/N-ethyl adjacent to an activating group) is 1. The second-order valence-corrected chi connectivity index (χ2v) is 4.82. The van der Waals surface area contributed by atoms with E-state index >= 15 is 0 Å². The van der Waals surface area contributed by atoms with Crippen LogP contribution in [0.15, 0.2) is 30.4 Å². The van der Waals surface area contributed by atoms with Gasteiger partial charge in [-0.2, -0.15) is 0 Å². The van der Waals surface area contributed by atoms with Gasteiger partial charge < -0.3 is 29.8 Å². The Morgan fingerprint density at radius 1 is 1.48 bits per heavy atom. The summed E-state index contributed by atoms with van der Waals surface area (Å²) in [5, 5.41) is 19.5. The molecule has 126 valence electrons. The number of aliphatic carboxylic acids is 2. The number of hydrogen-bond donors (Lipinski definition) is 2. The maximum atomic E-state index is 9.53. The average molecular weight is 323 g/mol. The van der Waals surface area contributed by atoms with Crippen LogP contribution in [-0.4, -0.2) is 43.3 Å². The summed E-state index contributed by atoms with van der Waals surface area (Å²) in [4.78, 5) is 19.0. The number of benzene rings is 1. The van der Waals surface area contributed by atoms with Crippen molar-refractivity contribution in [2.24, 2.45) is 0 Å². The van der Waals surface area contributed by atoms with E-state index in [0.29, 0.717) is 18.3 Å². The molecule has 1 atom stereocenters. The number of quaternary nitrogens is 1. The van der Waals surface area contributed by atoms with Crippen molar-refractivity contribution in [3.8, 4) is 11.5 Å². The molecule has 0 spiro atoms. The minimum Gasteiger partial charge on any atom is -0.545 e. The molecule has 0 amide bonds. The standard InChI is InChI=1S/C12H17NO2.C4H4O4/c1-3-13-8-10-7-9-5-4-6-11(14-2)12(9)15-10;5-3(6)1-2-4(7)8/h4-6,10,13H,3,7-8H2,1-2H3;1-2H,(H,5,6)(H,7,8)/b;2-1-. The smallest absolute Gasteiger partial charge is 0.328 e. The SMILES string of the molecule is CC[NH2+]CC1Cc2cccc(OC)c2O1.O=C([O-])/C=C\C(=O)O. The lowest BCUT2D eigenvalue weighted by atomic mass is 10.1. The van der Waals surface area contributed by atoms with E-state index in [1.807, 2.05) is 12.1 Å². The largest absolute Gasteiger partial charge is 0.545 e. The van der Waals surface area contributed by atoms with Gasteiger partial charge >= 0.3 is 5.97 Å². The molecule has 2 rings (SSSR count). The van der Waals surface area contributed by atoms with Gasteiger partial charge in [-0.05, 0) is 19.1 Å². The van der Waals surface area contributed by atoms with Crippen molar-refractivity contribution in [1.29, 1.82) is 0 Å². The number of nitrogens with two attached hydrogens (primary N) is 1. The fourth-order valence-electron chi connectivity index (χ4n) is 2.09. The van der Waals surface area contributed by atoms with Crippen molar-refractivity contribution in [2.45, 2.75) is 19.4 Å². The number of carbonyl (C=O) groups is 2. The molecule has 1 aromatic rings. The molecular formula is C16H21NO6. The summed E-state index contributed by atoms with van der Waals surface area (Å²) < 4.78 is 11.1. The number of para-hydroxylation sites is 1. The Kier molecular flexibility index (Phi) is 7.62. The van der Waals surface area contributed by atoms with Gasteiger partial charge in [0.2, 0.25) is 0 Å². The van der Waals surface area contributed by atoms with Crippen molar-refractivity contribution in [3.05, 3.63) is 35.9 Å². The highest BCUT2D eigenvalue weighted by atomic mass is 16.5. The minimum atomic E-state index is -1.51. The quantitative estimate of drug-likeness (QED) is 0.647. The molecule has 1 unspecified atom stereocenters. The van der Waals surface area contributed by atoms with Crippen LogP contribution in [-0.2, 0) is 16.0 Å². The summed E-state index contributed by atoms with van der Waals surface area (Å²) in [6.07, 6.45) is 2.25. The maximum Gasteiger partial charge on any atom is 0.328 e. The molecule has 1 aliphatic rings. The van der Waals surface area contributed by atoms with Crippen LogP contribution < -0.4 is 19.9 Å². The highest BCUT2D eigenvalue weighted by Crippen LogP contribution is 2.37. The molecule has 0 radical (unpaired) electrons. The van der Waals surface area contributed by atoms with Crippen LogP contribution in [0.3, 0.4) is 0 Å². The second kappa shape index (κ2) is 9.47. The number of rotatable bonds is 6. The molecule has 3 N–H and O–H groups in total. The van der Waals surface area contributed by atoms with Crippen LogP contribution in [0.4, 0.5) is 0 Å². The van der Waals surface area contributed by atoms with Gasteiger partial charge in [0, 0.05) is 18.1 Å². The molecule has 0 aromatic heterocycles. The van der Waals surface area contributed by atoms with E-state index in [0.717, 1.165) is 31.0 Å². The molecule has 1 aliphatic heterocycles. The molecule has 7 nitrogen and oxygen atoms in total. The molecule has 0 aliphatic carbocycles. The Morgan fingerprint density at radius 2 is 2.22 bits per heavy atom. The van der Waals surface area contributed by atoms with E-state index in [-0.39, 0.29) is 0 Å². The summed E-state index contributed by atoms with van der Waals surface area (Å²) in [6.45, 7) is 4.28. The normalized spacial score (nSPS) is 15.3. The number of fused-ring (bicyclic) bond motifs is 1. The lowest BCUT2D eigenvalue weighted by molar-refractivity contribution is -0.656. The molecule has 23 heavy (non-hydrogen) atoms. The molecule has 0 saturated heterocycles. The van der Waals surface area contributed by atoms with Gasteiger partial charge in [0.05, 0.1) is 19.6 Å². The predicted octanol–water partition coefficient (Wildman–Crippen LogP) is -1.04. The first-order valence-electron chi connectivity index (χ1n) is 7.24. The van der Waals surface area contributed by atoms with E-state index in [1.165, 1.54) is 5.56 Å². The lowest BCUT2D eigenvalue weighted by Gasteiger charge is -2.10. The van der Waals surface area contributed by atoms with Crippen LogP contribution in [0.5, 0.6) is 11.5 Å². The number of hydrogen-bond acceptors (Lipinski definition) is 5. The summed E-state index contributed by atoms with van der Waals surface area (Å²) in [7, 11) is 1.68. The molecule has 0 fully saturated rings. The van der Waals surface area contributed by atoms with Crippen LogP contribution in [0.2, 0.25) is 0 Å². The highest BCUT2D eigenvalue weighted by Gasteiger charge is 2.26. The van der Waals surface area contributed by atoms with E-state index in [9.17, 15) is 14.7 Å². The first-order chi connectivity index (χ1) is 11.0. The molecule has 1 aromatic carbocycles. The number of carboxylic acid groups (broad SMARTS) is 2. The lowest BCUT2D eigenvalue weighted by Crippen LogP contribution is -2.86. The predicted molar refractivity (Wildman–Crippen MR) is 80.2 cm³/mol. The third-order valence-corrected chi connectivity index (χ3v) is 3.09. The Morgan fingerprint density at radius 3 is 2.74 bits per heavy atom. The molecule has 0 saturated carbocycles. The molecule has 1 heterocycles. The minimum absolute atomic E-state index is 0.302. The molecule has 0 bridgehead atoms. The Labute approximate surface area is 134 Å². The van der Waals surface area contributed by atoms with Crippen molar-refractivity contribution < 1.29 is 34.6 Å². The van der Waals surface area contributed by atoms with Gasteiger partial charge in [-0.3, -0.25) is 0 Å². The zero-order valence-corrected chi connectivity index (χ0v) is 13.2. The van der Waals surface area contributed by atoms with Crippen molar-refractivity contribution in [1.82, 2.24) is 0 Å².